The number of carbonyl (C=O) groups is 2. The molecule has 0 saturated carbocycles. The Morgan fingerprint density at radius 2 is 1.24 bits per heavy atom. The molecule has 0 bridgehead atoms. The van der Waals surface area contributed by atoms with Crippen molar-refractivity contribution in [2.75, 3.05) is 39.6 Å². The second kappa shape index (κ2) is 14.8. The Morgan fingerprint density at radius 3 is 1.59 bits per heavy atom. The van der Waals surface area contributed by atoms with Crippen LogP contribution >= 0.6 is 0 Å². The van der Waals surface area contributed by atoms with Gasteiger partial charge in [0, 0.05) is 13.2 Å². The van der Waals surface area contributed by atoms with Gasteiger partial charge < -0.3 is 24.4 Å². The first-order valence-electron chi connectivity index (χ1n) is 5.21. The minimum atomic E-state index is -0.948. The average molecular weight is 252 g/mol. The van der Waals surface area contributed by atoms with Gasteiger partial charge in [-0.05, 0) is 13.8 Å². The van der Waals surface area contributed by atoms with Crippen LogP contribution in [0.1, 0.15) is 13.8 Å². The normalized spacial score (nSPS) is 9.29. The summed E-state index contributed by atoms with van der Waals surface area (Å²) in [7, 11) is 0. The number of carboxylic acid groups (broad SMARTS) is 2. The van der Waals surface area contributed by atoms with Crippen molar-refractivity contribution in [3.63, 3.8) is 0 Å². The molecule has 2 N–H and O–H groups in total. The van der Waals surface area contributed by atoms with Crippen LogP contribution in [0.2, 0.25) is 0 Å². The fraction of sp³-hybridized carbons (Fsp3) is 0.800. The molecule has 102 valence electrons. The average Bonchev–Trinajstić information content (AvgIpc) is 2.26. The topological polar surface area (TPSA) is 102 Å². The molecule has 0 aromatic carbocycles. The number of carboxylic acids is 2. The van der Waals surface area contributed by atoms with E-state index in [1.165, 1.54) is 0 Å². The van der Waals surface area contributed by atoms with E-state index in [-0.39, 0.29) is 13.2 Å². The van der Waals surface area contributed by atoms with Gasteiger partial charge in [-0.15, -0.1) is 0 Å². The van der Waals surface area contributed by atoms with Crippen molar-refractivity contribution in [1.82, 2.24) is 0 Å². The SMILES string of the molecule is CCOCC(=O)O.CCOCCOCC(=O)O. The summed E-state index contributed by atoms with van der Waals surface area (Å²) in [5.74, 6) is -1.86. The Labute approximate surface area is 100 Å². The number of ether oxygens (including phenoxy) is 3. The molecule has 0 spiro atoms. The zero-order valence-electron chi connectivity index (χ0n) is 10.2. The molecule has 0 fully saturated rings. The lowest BCUT2D eigenvalue weighted by Gasteiger charge is -1.99. The highest BCUT2D eigenvalue weighted by Crippen LogP contribution is 1.77. The van der Waals surface area contributed by atoms with E-state index >= 15 is 0 Å². The maximum Gasteiger partial charge on any atom is 0.329 e. The van der Waals surface area contributed by atoms with Crippen LogP contribution in [0.25, 0.3) is 0 Å². The van der Waals surface area contributed by atoms with Gasteiger partial charge in [0.05, 0.1) is 13.2 Å². The summed E-state index contributed by atoms with van der Waals surface area (Å²) in [6.45, 7) is 5.11. The van der Waals surface area contributed by atoms with Crippen LogP contribution in [0.5, 0.6) is 0 Å². The quantitative estimate of drug-likeness (QED) is 0.566. The predicted molar refractivity (Wildman–Crippen MR) is 59.1 cm³/mol. The Kier molecular flexibility index (Phi) is 15.9. The maximum atomic E-state index is 9.87. The molecule has 0 aromatic rings. The molecule has 0 atom stereocenters. The van der Waals surface area contributed by atoms with Gasteiger partial charge in [0.2, 0.25) is 0 Å². The second-order valence-electron chi connectivity index (χ2n) is 2.67. The molecule has 0 aromatic heterocycles. The van der Waals surface area contributed by atoms with Gasteiger partial charge in [-0.2, -0.15) is 0 Å². The van der Waals surface area contributed by atoms with Crippen molar-refractivity contribution in [2.45, 2.75) is 13.8 Å². The maximum absolute atomic E-state index is 9.87. The van der Waals surface area contributed by atoms with E-state index in [0.29, 0.717) is 26.4 Å². The lowest BCUT2D eigenvalue weighted by molar-refractivity contribution is -0.143. The molecular weight excluding hydrogens is 232 g/mol. The summed E-state index contributed by atoms with van der Waals surface area (Å²) >= 11 is 0. The summed E-state index contributed by atoms with van der Waals surface area (Å²) in [6, 6.07) is 0. The molecule has 17 heavy (non-hydrogen) atoms. The van der Waals surface area contributed by atoms with E-state index in [1.54, 1.807) is 6.92 Å². The van der Waals surface area contributed by atoms with Crippen molar-refractivity contribution >= 4 is 11.9 Å². The van der Waals surface area contributed by atoms with Gasteiger partial charge in [0.1, 0.15) is 13.2 Å². The van der Waals surface area contributed by atoms with E-state index in [1.807, 2.05) is 6.92 Å². The van der Waals surface area contributed by atoms with E-state index < -0.39 is 11.9 Å². The molecule has 0 saturated heterocycles. The molecule has 0 amide bonds. The van der Waals surface area contributed by atoms with E-state index in [9.17, 15) is 9.59 Å². The van der Waals surface area contributed by atoms with E-state index in [4.69, 9.17) is 14.9 Å². The summed E-state index contributed by atoms with van der Waals surface area (Å²) < 4.78 is 14.1. The van der Waals surface area contributed by atoms with Gasteiger partial charge in [-0.1, -0.05) is 0 Å². The van der Waals surface area contributed by atoms with Crippen LogP contribution in [0, 0.1) is 0 Å². The van der Waals surface area contributed by atoms with Gasteiger partial charge in [-0.25, -0.2) is 9.59 Å². The van der Waals surface area contributed by atoms with E-state index in [2.05, 4.69) is 9.47 Å². The third-order valence-corrected chi connectivity index (χ3v) is 1.23. The largest absolute Gasteiger partial charge is 0.480 e. The first-order chi connectivity index (χ1) is 8.04. The summed E-state index contributed by atoms with van der Waals surface area (Å²) in [5.41, 5.74) is 0. The fourth-order valence-electron chi connectivity index (χ4n) is 0.611. The van der Waals surface area contributed by atoms with Crippen LogP contribution in [0.3, 0.4) is 0 Å². The van der Waals surface area contributed by atoms with Crippen LogP contribution in [-0.2, 0) is 23.8 Å². The lowest BCUT2D eigenvalue weighted by atomic mass is 10.7. The van der Waals surface area contributed by atoms with Crippen molar-refractivity contribution < 1.29 is 34.0 Å². The number of hydrogen-bond donors (Lipinski definition) is 2. The first-order valence-corrected chi connectivity index (χ1v) is 5.21. The molecule has 7 heteroatoms. The molecule has 7 nitrogen and oxygen atoms in total. The van der Waals surface area contributed by atoms with Crippen LogP contribution in [0.4, 0.5) is 0 Å². The van der Waals surface area contributed by atoms with Crippen LogP contribution < -0.4 is 0 Å². The Morgan fingerprint density at radius 1 is 0.824 bits per heavy atom. The summed E-state index contributed by atoms with van der Waals surface area (Å²) in [6.07, 6.45) is 0. The van der Waals surface area contributed by atoms with Gasteiger partial charge in [-0.3, -0.25) is 0 Å². The molecular formula is C10H20O7. The highest BCUT2D eigenvalue weighted by Gasteiger charge is 1.94. The van der Waals surface area contributed by atoms with Crippen molar-refractivity contribution in [3.8, 4) is 0 Å². The molecule has 0 aliphatic rings. The Bertz CT molecular complexity index is 193. The zero-order chi connectivity index (χ0) is 13.5. The molecule has 0 rings (SSSR count). The third kappa shape index (κ3) is 25.3. The fourth-order valence-corrected chi connectivity index (χ4v) is 0.611. The number of aliphatic carboxylic acids is 2. The summed E-state index contributed by atoms with van der Waals surface area (Å²) in [5, 5.41) is 16.0. The van der Waals surface area contributed by atoms with Crippen molar-refractivity contribution in [3.05, 3.63) is 0 Å². The minimum absolute atomic E-state index is 0.184. The number of rotatable bonds is 9. The Balaban J connectivity index is 0. The molecule has 0 unspecified atom stereocenters. The standard InChI is InChI=1S/C6H12O4.C4H8O3/c1-2-9-3-4-10-5-6(7)8;1-2-7-3-4(5)6/h2-5H2,1H3,(H,7,8);2-3H2,1H3,(H,5,6). The Hall–Kier alpha value is -1.18. The minimum Gasteiger partial charge on any atom is -0.480 e. The van der Waals surface area contributed by atoms with E-state index in [0.717, 1.165) is 0 Å². The van der Waals surface area contributed by atoms with Gasteiger partial charge in [0.15, 0.2) is 0 Å². The van der Waals surface area contributed by atoms with Crippen LogP contribution in [0.15, 0.2) is 0 Å². The van der Waals surface area contributed by atoms with Crippen molar-refractivity contribution in [2.24, 2.45) is 0 Å². The molecule has 0 aliphatic heterocycles. The van der Waals surface area contributed by atoms with Crippen molar-refractivity contribution in [1.29, 1.82) is 0 Å². The third-order valence-electron chi connectivity index (χ3n) is 1.23. The second-order valence-corrected chi connectivity index (χ2v) is 2.67. The smallest absolute Gasteiger partial charge is 0.329 e. The first kappa shape index (κ1) is 18.2. The lowest BCUT2D eigenvalue weighted by Crippen LogP contribution is -2.11. The molecule has 0 heterocycles. The van der Waals surface area contributed by atoms with Gasteiger partial charge in [0.25, 0.3) is 0 Å². The summed E-state index contributed by atoms with van der Waals surface area (Å²) in [4.78, 5) is 19.5. The molecule has 0 aliphatic carbocycles. The predicted octanol–water partition coefficient (Wildman–Crippen LogP) is 0.232. The highest BCUT2D eigenvalue weighted by atomic mass is 16.5. The molecule has 0 radical (unpaired) electrons. The zero-order valence-corrected chi connectivity index (χ0v) is 10.2. The van der Waals surface area contributed by atoms with Crippen LogP contribution in [-0.4, -0.2) is 61.8 Å². The highest BCUT2D eigenvalue weighted by molar-refractivity contribution is 5.68. The number of hydrogen-bond acceptors (Lipinski definition) is 5. The van der Waals surface area contributed by atoms with Gasteiger partial charge >= 0.3 is 11.9 Å². The monoisotopic (exact) mass is 252 g/mol.